The summed E-state index contributed by atoms with van der Waals surface area (Å²) in [6.45, 7) is 3.94. The highest BCUT2D eigenvalue weighted by molar-refractivity contribution is 6.32. The highest BCUT2D eigenvalue weighted by Gasteiger charge is 2.33. The molecule has 1 amide bonds. The molecule has 3 atom stereocenters. The van der Waals surface area contributed by atoms with Gasteiger partial charge in [0.2, 0.25) is 5.91 Å². The number of nitriles is 1. The summed E-state index contributed by atoms with van der Waals surface area (Å²) in [5.74, 6) is 0.449. The Labute approximate surface area is 217 Å². The number of aliphatic hydroxyl groups excluding tert-OH is 1. The van der Waals surface area contributed by atoms with Gasteiger partial charge in [0, 0.05) is 25.3 Å². The second-order valence-corrected chi connectivity index (χ2v) is 10.6. The molecule has 2 heterocycles. The van der Waals surface area contributed by atoms with Crippen molar-refractivity contribution in [2.24, 2.45) is 5.92 Å². The minimum atomic E-state index is -0.877. The highest BCUT2D eigenvalue weighted by Crippen LogP contribution is 2.34. The van der Waals surface area contributed by atoms with Crippen LogP contribution in [0.3, 0.4) is 0 Å². The smallest absolute Gasteiger partial charge is 0.225 e. The van der Waals surface area contributed by atoms with Gasteiger partial charge in [-0.1, -0.05) is 17.7 Å². The summed E-state index contributed by atoms with van der Waals surface area (Å²) < 4.78 is 5.84. The van der Waals surface area contributed by atoms with Crippen LogP contribution < -0.4 is 15.0 Å². The number of nitrogens with zero attached hydrogens (tertiary/aromatic N) is 3. The molecular weight excluding hydrogens is 476 g/mol. The van der Waals surface area contributed by atoms with Crippen molar-refractivity contribution in [2.45, 2.75) is 50.4 Å². The molecule has 1 saturated carbocycles. The SMILES string of the molecule is N#Cc1ccc(N2CCC(C(=O)N[C@H](CN3CCCC3)[C@H](O)c3ccc(OC4CC4)c(Cl)c3)C2)cc1. The number of halogens is 1. The van der Waals surface area contributed by atoms with Crippen LogP contribution >= 0.6 is 11.6 Å². The number of rotatable bonds is 9. The topological polar surface area (TPSA) is 88.8 Å². The number of aliphatic hydroxyl groups is 1. The average Bonchev–Trinajstić information content (AvgIpc) is 3.33. The van der Waals surface area contributed by atoms with Gasteiger partial charge in [-0.3, -0.25) is 4.79 Å². The molecule has 0 radical (unpaired) electrons. The quantitative estimate of drug-likeness (QED) is 0.534. The summed E-state index contributed by atoms with van der Waals surface area (Å²) in [5.41, 5.74) is 2.32. The lowest BCUT2D eigenvalue weighted by Gasteiger charge is -2.30. The molecule has 2 aliphatic heterocycles. The number of ether oxygens (including phenoxy) is 1. The second-order valence-electron chi connectivity index (χ2n) is 10.2. The lowest BCUT2D eigenvalue weighted by Crippen LogP contribution is -2.48. The first kappa shape index (κ1) is 24.9. The molecule has 0 bridgehead atoms. The molecule has 2 aromatic carbocycles. The van der Waals surface area contributed by atoms with Crippen LogP contribution in [0.1, 0.15) is 49.3 Å². The van der Waals surface area contributed by atoms with Crippen LogP contribution in [-0.2, 0) is 4.79 Å². The maximum absolute atomic E-state index is 13.3. The Kier molecular flexibility index (Phi) is 7.66. The lowest BCUT2D eigenvalue weighted by atomic mass is 10.00. The maximum atomic E-state index is 13.3. The largest absolute Gasteiger partial charge is 0.489 e. The first-order valence-electron chi connectivity index (χ1n) is 12.9. The molecule has 36 heavy (non-hydrogen) atoms. The van der Waals surface area contributed by atoms with Gasteiger partial charge < -0.3 is 25.0 Å². The molecule has 3 fully saturated rings. The van der Waals surface area contributed by atoms with Gasteiger partial charge in [0.1, 0.15) is 11.9 Å². The first-order valence-corrected chi connectivity index (χ1v) is 13.3. The van der Waals surface area contributed by atoms with Crippen LogP contribution in [0.25, 0.3) is 0 Å². The van der Waals surface area contributed by atoms with Gasteiger partial charge >= 0.3 is 0 Å². The Morgan fingerprint density at radius 2 is 1.89 bits per heavy atom. The Balaban J connectivity index is 1.25. The van der Waals surface area contributed by atoms with E-state index < -0.39 is 12.1 Å². The van der Waals surface area contributed by atoms with Crippen molar-refractivity contribution in [1.29, 1.82) is 5.26 Å². The van der Waals surface area contributed by atoms with E-state index in [4.69, 9.17) is 21.6 Å². The van der Waals surface area contributed by atoms with Gasteiger partial charge in [-0.05, 0) is 87.2 Å². The zero-order valence-electron chi connectivity index (χ0n) is 20.4. The van der Waals surface area contributed by atoms with Crippen molar-refractivity contribution < 1.29 is 14.6 Å². The molecule has 2 aromatic rings. The predicted molar refractivity (Wildman–Crippen MR) is 139 cm³/mol. The van der Waals surface area contributed by atoms with Crippen LogP contribution in [0.5, 0.6) is 5.75 Å². The first-order chi connectivity index (χ1) is 17.5. The van der Waals surface area contributed by atoms with Crippen molar-refractivity contribution in [3.05, 3.63) is 58.6 Å². The number of likely N-dealkylation sites (tertiary alicyclic amines) is 1. The third kappa shape index (κ3) is 5.95. The van der Waals surface area contributed by atoms with Crippen molar-refractivity contribution in [3.8, 4) is 11.8 Å². The van der Waals surface area contributed by atoms with Gasteiger partial charge in [-0.2, -0.15) is 5.26 Å². The van der Waals surface area contributed by atoms with E-state index in [9.17, 15) is 9.90 Å². The molecule has 3 aliphatic rings. The fraction of sp³-hybridized carbons (Fsp3) is 0.500. The normalized spacial score (nSPS) is 21.7. The summed E-state index contributed by atoms with van der Waals surface area (Å²) in [4.78, 5) is 17.8. The molecule has 7 nitrogen and oxygen atoms in total. The number of hydrogen-bond acceptors (Lipinski definition) is 6. The molecule has 190 valence electrons. The van der Waals surface area contributed by atoms with Crippen LogP contribution in [0.2, 0.25) is 5.02 Å². The van der Waals surface area contributed by atoms with Gasteiger partial charge in [-0.15, -0.1) is 0 Å². The summed E-state index contributed by atoms with van der Waals surface area (Å²) in [6.07, 6.45) is 4.49. The number of hydrogen-bond donors (Lipinski definition) is 2. The Bertz CT molecular complexity index is 1110. The molecule has 0 spiro atoms. The molecule has 2 N–H and O–H groups in total. The molecule has 1 aliphatic carbocycles. The zero-order valence-corrected chi connectivity index (χ0v) is 21.2. The number of carbonyl (C=O) groups excluding carboxylic acids is 1. The fourth-order valence-corrected chi connectivity index (χ4v) is 5.35. The van der Waals surface area contributed by atoms with Gasteiger partial charge in [0.05, 0.1) is 34.7 Å². The summed E-state index contributed by atoms with van der Waals surface area (Å²) in [5, 5.41) is 24.0. The van der Waals surface area contributed by atoms with E-state index in [1.807, 2.05) is 24.3 Å². The summed E-state index contributed by atoms with van der Waals surface area (Å²) in [6, 6.07) is 14.6. The minimum absolute atomic E-state index is 0.0332. The predicted octanol–water partition coefficient (Wildman–Crippen LogP) is 3.89. The van der Waals surface area contributed by atoms with Crippen molar-refractivity contribution in [3.63, 3.8) is 0 Å². The number of amides is 1. The molecule has 8 heteroatoms. The maximum Gasteiger partial charge on any atom is 0.225 e. The van der Waals surface area contributed by atoms with Crippen molar-refractivity contribution in [2.75, 3.05) is 37.6 Å². The highest BCUT2D eigenvalue weighted by atomic mass is 35.5. The van der Waals surface area contributed by atoms with E-state index in [1.54, 1.807) is 18.2 Å². The Hall–Kier alpha value is -2.79. The van der Waals surface area contributed by atoms with Crippen molar-refractivity contribution >= 4 is 23.2 Å². The van der Waals surface area contributed by atoms with E-state index in [0.717, 1.165) is 57.4 Å². The van der Waals surface area contributed by atoms with E-state index in [1.165, 1.54) is 0 Å². The van der Waals surface area contributed by atoms with Gasteiger partial charge in [0.25, 0.3) is 0 Å². The number of carbonyl (C=O) groups is 1. The zero-order chi connectivity index (χ0) is 25.1. The van der Waals surface area contributed by atoms with Crippen LogP contribution in [0.15, 0.2) is 42.5 Å². The van der Waals surface area contributed by atoms with Crippen molar-refractivity contribution in [1.82, 2.24) is 10.2 Å². The van der Waals surface area contributed by atoms with E-state index >= 15 is 0 Å². The van der Waals surface area contributed by atoms with E-state index in [-0.39, 0.29) is 17.9 Å². The molecule has 0 aromatic heterocycles. The van der Waals surface area contributed by atoms with E-state index in [2.05, 4.69) is 21.2 Å². The minimum Gasteiger partial charge on any atom is -0.489 e. The second kappa shape index (κ2) is 11.1. The molecule has 1 unspecified atom stereocenters. The molecular formula is C28H33ClN4O3. The van der Waals surface area contributed by atoms with Crippen LogP contribution in [0.4, 0.5) is 5.69 Å². The van der Waals surface area contributed by atoms with Crippen LogP contribution in [0, 0.1) is 17.2 Å². The standard InChI is InChI=1S/C28H33ClN4O3/c29-24-15-20(5-10-26(24)36-23-8-9-23)27(34)25(18-32-12-1-2-13-32)31-28(35)21-11-14-33(17-21)22-6-3-19(16-30)4-7-22/h3-7,10,15,21,23,25,27,34H,1-2,8-9,11-14,17-18H2,(H,31,35)/t21?,25-,27-/m1/s1. The van der Waals surface area contributed by atoms with Crippen LogP contribution in [-0.4, -0.2) is 60.8 Å². The number of nitrogens with one attached hydrogen (secondary N) is 1. The van der Waals surface area contributed by atoms with Gasteiger partial charge in [0.15, 0.2) is 0 Å². The summed E-state index contributed by atoms with van der Waals surface area (Å²) in [7, 11) is 0. The average molecular weight is 509 g/mol. The Morgan fingerprint density at radius 3 is 2.56 bits per heavy atom. The summed E-state index contributed by atoms with van der Waals surface area (Å²) >= 11 is 6.47. The number of anilines is 1. The fourth-order valence-electron chi connectivity index (χ4n) is 5.12. The third-order valence-electron chi connectivity index (χ3n) is 7.40. The molecule has 5 rings (SSSR count). The lowest BCUT2D eigenvalue weighted by molar-refractivity contribution is -0.126. The Morgan fingerprint density at radius 1 is 1.14 bits per heavy atom. The number of benzene rings is 2. The monoisotopic (exact) mass is 508 g/mol. The van der Waals surface area contributed by atoms with E-state index in [0.29, 0.717) is 35.0 Å². The van der Waals surface area contributed by atoms with Gasteiger partial charge in [-0.25, -0.2) is 0 Å². The molecule has 2 saturated heterocycles. The third-order valence-corrected chi connectivity index (χ3v) is 7.69.